The lowest BCUT2D eigenvalue weighted by Crippen LogP contribution is -2.42. The molecule has 164 valence electrons. The number of nitrogens with one attached hydrogen (secondary N) is 3. The molecular formula is C19H21ClF3IN4O2. The Morgan fingerprint density at radius 2 is 1.87 bits per heavy atom. The first-order valence-corrected chi connectivity index (χ1v) is 8.93. The van der Waals surface area contributed by atoms with Crippen molar-refractivity contribution in [1.29, 1.82) is 0 Å². The number of hydrogen-bond donors (Lipinski definition) is 3. The molecule has 11 heteroatoms. The van der Waals surface area contributed by atoms with Crippen LogP contribution in [-0.4, -0.2) is 39.1 Å². The highest BCUT2D eigenvalue weighted by Crippen LogP contribution is 2.22. The second kappa shape index (κ2) is 12.5. The molecule has 1 amide bonds. The van der Waals surface area contributed by atoms with Crippen molar-refractivity contribution in [2.75, 3.05) is 32.6 Å². The lowest BCUT2D eigenvalue weighted by molar-refractivity contribution is -0.115. The number of carbonyl (C=O) groups is 1. The van der Waals surface area contributed by atoms with Gasteiger partial charge in [0.05, 0.1) is 19.3 Å². The molecule has 0 heterocycles. The number of halogens is 5. The molecule has 2 aromatic carbocycles. The minimum Gasteiger partial charge on any atom is -0.497 e. The molecule has 0 radical (unpaired) electrons. The summed E-state index contributed by atoms with van der Waals surface area (Å²) in [4.78, 5) is 15.9. The van der Waals surface area contributed by atoms with E-state index in [9.17, 15) is 18.0 Å². The van der Waals surface area contributed by atoms with Crippen LogP contribution in [0.4, 0.5) is 18.9 Å². The first-order chi connectivity index (χ1) is 13.8. The van der Waals surface area contributed by atoms with Gasteiger partial charge in [0, 0.05) is 18.6 Å². The molecule has 0 aliphatic carbocycles. The zero-order valence-corrected chi connectivity index (χ0v) is 19.3. The third-order valence-electron chi connectivity index (χ3n) is 3.90. The van der Waals surface area contributed by atoms with Crippen LogP contribution in [0.15, 0.2) is 35.3 Å². The number of nitrogens with zero attached hydrogens (tertiary/aromatic N) is 1. The molecule has 0 fully saturated rings. The van der Waals surface area contributed by atoms with Crippen molar-refractivity contribution in [3.8, 4) is 5.75 Å². The Hall–Kier alpha value is -2.21. The van der Waals surface area contributed by atoms with E-state index in [2.05, 4.69) is 20.9 Å². The Kier molecular flexibility index (Phi) is 10.7. The number of anilines is 1. The van der Waals surface area contributed by atoms with Gasteiger partial charge in [-0.15, -0.1) is 24.0 Å². The van der Waals surface area contributed by atoms with Gasteiger partial charge < -0.3 is 20.7 Å². The van der Waals surface area contributed by atoms with Crippen LogP contribution in [0.1, 0.15) is 5.56 Å². The summed E-state index contributed by atoms with van der Waals surface area (Å²) in [5.74, 6) is -4.11. The van der Waals surface area contributed by atoms with E-state index in [1.165, 1.54) is 7.05 Å². The van der Waals surface area contributed by atoms with Crippen molar-refractivity contribution in [3.63, 3.8) is 0 Å². The molecule has 2 rings (SSSR count). The monoisotopic (exact) mass is 556 g/mol. The van der Waals surface area contributed by atoms with Crippen LogP contribution in [0, 0.1) is 17.5 Å². The third kappa shape index (κ3) is 7.24. The van der Waals surface area contributed by atoms with Gasteiger partial charge in [-0.05, 0) is 36.2 Å². The van der Waals surface area contributed by atoms with E-state index in [0.717, 1.165) is 17.7 Å². The summed E-state index contributed by atoms with van der Waals surface area (Å²) in [6.45, 7) is 0.215. The van der Waals surface area contributed by atoms with Crippen molar-refractivity contribution in [2.24, 2.45) is 4.99 Å². The van der Waals surface area contributed by atoms with Crippen LogP contribution < -0.4 is 20.7 Å². The Labute approximate surface area is 194 Å². The summed E-state index contributed by atoms with van der Waals surface area (Å²) >= 11 is 6.18. The number of carbonyl (C=O) groups excluding carboxylic acids is 1. The van der Waals surface area contributed by atoms with E-state index in [4.69, 9.17) is 16.3 Å². The van der Waals surface area contributed by atoms with E-state index >= 15 is 0 Å². The molecular weight excluding hydrogens is 536 g/mol. The normalized spacial score (nSPS) is 10.8. The Morgan fingerprint density at radius 1 is 1.13 bits per heavy atom. The van der Waals surface area contributed by atoms with Gasteiger partial charge in [-0.3, -0.25) is 9.79 Å². The summed E-state index contributed by atoms with van der Waals surface area (Å²) in [6, 6.07) is 7.04. The molecule has 3 N–H and O–H groups in total. The van der Waals surface area contributed by atoms with Gasteiger partial charge in [0.2, 0.25) is 5.91 Å². The first kappa shape index (κ1) is 25.8. The smallest absolute Gasteiger partial charge is 0.243 e. The van der Waals surface area contributed by atoms with Crippen LogP contribution in [0.3, 0.4) is 0 Å². The molecule has 30 heavy (non-hydrogen) atoms. The van der Waals surface area contributed by atoms with Crippen molar-refractivity contribution in [1.82, 2.24) is 10.6 Å². The maximum atomic E-state index is 13.6. The summed E-state index contributed by atoms with van der Waals surface area (Å²) < 4.78 is 44.8. The van der Waals surface area contributed by atoms with Crippen LogP contribution in [0.25, 0.3) is 0 Å². The highest BCUT2D eigenvalue weighted by Gasteiger charge is 2.15. The van der Waals surface area contributed by atoms with Crippen LogP contribution >= 0.6 is 35.6 Å². The highest BCUT2D eigenvalue weighted by atomic mass is 127. The van der Waals surface area contributed by atoms with Gasteiger partial charge in [-0.1, -0.05) is 17.7 Å². The number of benzene rings is 2. The van der Waals surface area contributed by atoms with E-state index in [1.54, 1.807) is 19.2 Å². The highest BCUT2D eigenvalue weighted by molar-refractivity contribution is 14.0. The quantitative estimate of drug-likeness (QED) is 0.210. The second-order valence-electron chi connectivity index (χ2n) is 5.83. The SMILES string of the molecule is CN=C(NCCc1ccc(OC)cc1Cl)NCC(=O)Nc1ccc(F)c(F)c1F.I. The number of amides is 1. The summed E-state index contributed by atoms with van der Waals surface area (Å²) in [7, 11) is 3.07. The van der Waals surface area contributed by atoms with E-state index < -0.39 is 29.0 Å². The fourth-order valence-corrected chi connectivity index (χ4v) is 2.64. The van der Waals surface area contributed by atoms with Crippen molar-refractivity contribution in [3.05, 3.63) is 58.4 Å². The number of hydrogen-bond acceptors (Lipinski definition) is 3. The van der Waals surface area contributed by atoms with Gasteiger partial charge in [0.15, 0.2) is 23.4 Å². The van der Waals surface area contributed by atoms with Gasteiger partial charge in [-0.25, -0.2) is 13.2 Å². The third-order valence-corrected chi connectivity index (χ3v) is 4.25. The molecule has 0 atom stereocenters. The van der Waals surface area contributed by atoms with Crippen LogP contribution in [0.2, 0.25) is 5.02 Å². The topological polar surface area (TPSA) is 74.8 Å². The van der Waals surface area contributed by atoms with Crippen LogP contribution in [0.5, 0.6) is 5.75 Å². The fourth-order valence-electron chi connectivity index (χ4n) is 2.37. The molecule has 0 aromatic heterocycles. The zero-order valence-electron chi connectivity index (χ0n) is 16.2. The van der Waals surface area contributed by atoms with Crippen LogP contribution in [-0.2, 0) is 11.2 Å². The van der Waals surface area contributed by atoms with Gasteiger partial charge in [0.25, 0.3) is 0 Å². The molecule has 0 aliphatic rings. The summed E-state index contributed by atoms with van der Waals surface area (Å²) in [5, 5.41) is 8.48. The minimum atomic E-state index is -1.65. The largest absolute Gasteiger partial charge is 0.497 e. The van der Waals surface area contributed by atoms with E-state index in [-0.39, 0.29) is 30.5 Å². The number of methoxy groups -OCH3 is 1. The summed E-state index contributed by atoms with van der Waals surface area (Å²) in [5.41, 5.74) is 0.453. The number of rotatable bonds is 7. The summed E-state index contributed by atoms with van der Waals surface area (Å²) in [6.07, 6.45) is 0.593. The average Bonchev–Trinajstić information content (AvgIpc) is 2.71. The number of ether oxygens (including phenoxy) is 1. The maximum Gasteiger partial charge on any atom is 0.243 e. The number of aliphatic imine (C=N–C) groups is 1. The molecule has 0 bridgehead atoms. The Morgan fingerprint density at radius 3 is 2.50 bits per heavy atom. The molecule has 2 aromatic rings. The second-order valence-corrected chi connectivity index (χ2v) is 6.24. The fraction of sp³-hybridized carbons (Fsp3) is 0.263. The van der Waals surface area contributed by atoms with Gasteiger partial charge >= 0.3 is 0 Å². The average molecular weight is 557 g/mol. The lowest BCUT2D eigenvalue weighted by atomic mass is 10.1. The molecule has 0 saturated carbocycles. The van der Waals surface area contributed by atoms with Gasteiger partial charge in [0.1, 0.15) is 5.75 Å². The maximum absolute atomic E-state index is 13.6. The molecule has 6 nitrogen and oxygen atoms in total. The minimum absolute atomic E-state index is 0. The Balaban J connectivity index is 0.00000450. The predicted molar refractivity (Wildman–Crippen MR) is 121 cm³/mol. The molecule has 0 unspecified atom stereocenters. The first-order valence-electron chi connectivity index (χ1n) is 8.56. The zero-order chi connectivity index (χ0) is 21.4. The number of guanidine groups is 1. The van der Waals surface area contributed by atoms with E-state index in [1.807, 2.05) is 6.07 Å². The van der Waals surface area contributed by atoms with Crippen molar-refractivity contribution >= 4 is 53.1 Å². The van der Waals surface area contributed by atoms with Crippen molar-refractivity contribution < 1.29 is 22.7 Å². The molecule has 0 aliphatic heterocycles. The standard InChI is InChI=1S/C19H20ClF3N4O2.HI/c1-24-19(25-8-7-11-3-4-12(29-2)9-13(11)20)26-10-16(28)27-15-6-5-14(21)17(22)18(15)23;/h3-6,9H,7-8,10H2,1-2H3,(H,27,28)(H2,24,25,26);1H. The molecule has 0 spiro atoms. The molecule has 0 saturated heterocycles. The van der Waals surface area contributed by atoms with Crippen molar-refractivity contribution in [2.45, 2.75) is 6.42 Å². The lowest BCUT2D eigenvalue weighted by Gasteiger charge is -2.13. The van der Waals surface area contributed by atoms with E-state index in [0.29, 0.717) is 29.7 Å². The predicted octanol–water partition coefficient (Wildman–Crippen LogP) is 3.73. The van der Waals surface area contributed by atoms with Gasteiger partial charge in [-0.2, -0.15) is 0 Å². The Bertz CT molecular complexity index is 916.